The summed E-state index contributed by atoms with van der Waals surface area (Å²) in [4.78, 5) is 21.5. The summed E-state index contributed by atoms with van der Waals surface area (Å²) >= 11 is 5.87. The molecule has 19 heavy (non-hydrogen) atoms. The number of aromatic nitrogens is 3. The van der Waals surface area contributed by atoms with Gasteiger partial charge in [-0.2, -0.15) is 0 Å². The zero-order chi connectivity index (χ0) is 13.4. The number of nitrogens with zero attached hydrogens (tertiary/aromatic N) is 4. The molecule has 0 bridgehead atoms. The molecule has 7 heteroatoms. The van der Waals surface area contributed by atoms with E-state index in [1.165, 1.54) is 12.1 Å². The van der Waals surface area contributed by atoms with Crippen LogP contribution in [-0.4, -0.2) is 32.2 Å². The van der Waals surface area contributed by atoms with Crippen LogP contribution in [-0.2, 0) is 13.1 Å². The summed E-state index contributed by atoms with van der Waals surface area (Å²) in [5.74, 6) is 0.284. The predicted molar refractivity (Wildman–Crippen MR) is 69.5 cm³/mol. The number of hydrogen-bond donors (Lipinski definition) is 1. The van der Waals surface area contributed by atoms with Crippen LogP contribution in [0.15, 0.2) is 24.5 Å². The molecule has 0 amide bonds. The molecule has 0 radical (unpaired) electrons. The quantitative estimate of drug-likeness (QED) is 0.846. The third-order valence-corrected chi connectivity index (χ3v) is 3.33. The van der Waals surface area contributed by atoms with Crippen LogP contribution in [0.4, 0.5) is 5.82 Å². The number of anilines is 1. The SMILES string of the molecule is O=C(O)c1ccc(Cl)nc1N1CCn2ccnc2C1. The van der Waals surface area contributed by atoms with Crippen LogP contribution in [0.1, 0.15) is 16.2 Å². The molecular weight excluding hydrogens is 268 g/mol. The maximum atomic E-state index is 11.2. The van der Waals surface area contributed by atoms with Crippen molar-refractivity contribution in [2.24, 2.45) is 0 Å². The van der Waals surface area contributed by atoms with Crippen LogP contribution in [0.2, 0.25) is 5.15 Å². The summed E-state index contributed by atoms with van der Waals surface area (Å²) in [5.41, 5.74) is 0.157. The van der Waals surface area contributed by atoms with Crippen molar-refractivity contribution in [3.63, 3.8) is 0 Å². The lowest BCUT2D eigenvalue weighted by Crippen LogP contribution is -2.35. The first-order valence-corrected chi connectivity index (χ1v) is 6.18. The second kappa shape index (κ2) is 4.55. The van der Waals surface area contributed by atoms with Gasteiger partial charge in [-0.3, -0.25) is 0 Å². The molecule has 0 spiro atoms. The molecule has 0 aromatic carbocycles. The number of carbonyl (C=O) groups is 1. The summed E-state index contributed by atoms with van der Waals surface area (Å²) in [6, 6.07) is 2.97. The second-order valence-corrected chi connectivity index (χ2v) is 4.66. The van der Waals surface area contributed by atoms with E-state index < -0.39 is 5.97 Å². The Morgan fingerprint density at radius 2 is 2.21 bits per heavy atom. The number of fused-ring (bicyclic) bond motifs is 1. The van der Waals surface area contributed by atoms with Crippen LogP contribution in [0, 0.1) is 0 Å². The van der Waals surface area contributed by atoms with E-state index in [-0.39, 0.29) is 10.7 Å². The van der Waals surface area contributed by atoms with Crippen LogP contribution in [0.25, 0.3) is 0 Å². The molecule has 1 N–H and O–H groups in total. The Morgan fingerprint density at radius 3 is 3.00 bits per heavy atom. The Kier molecular flexibility index (Phi) is 2.87. The number of hydrogen-bond acceptors (Lipinski definition) is 4. The molecule has 1 aliphatic heterocycles. The Balaban J connectivity index is 1.99. The average molecular weight is 279 g/mol. The molecule has 0 saturated carbocycles. The second-order valence-electron chi connectivity index (χ2n) is 4.27. The van der Waals surface area contributed by atoms with Gasteiger partial charge in [0.05, 0.1) is 6.54 Å². The van der Waals surface area contributed by atoms with Crippen molar-refractivity contribution in [2.75, 3.05) is 11.4 Å². The highest BCUT2D eigenvalue weighted by atomic mass is 35.5. The van der Waals surface area contributed by atoms with E-state index in [4.69, 9.17) is 11.6 Å². The first-order valence-electron chi connectivity index (χ1n) is 5.80. The molecule has 6 nitrogen and oxygen atoms in total. The fraction of sp³-hybridized carbons (Fsp3) is 0.250. The van der Waals surface area contributed by atoms with E-state index in [1.807, 2.05) is 15.7 Å². The number of pyridine rings is 1. The topological polar surface area (TPSA) is 71.2 Å². The molecule has 98 valence electrons. The van der Waals surface area contributed by atoms with E-state index in [0.717, 1.165) is 12.4 Å². The predicted octanol–water partition coefficient (Wildman–Crippen LogP) is 1.65. The Labute approximate surface area is 114 Å². The summed E-state index contributed by atoms with van der Waals surface area (Å²) in [7, 11) is 0. The number of halogens is 1. The fourth-order valence-corrected chi connectivity index (χ4v) is 2.33. The number of imidazole rings is 1. The normalized spacial score (nSPS) is 14.3. The standard InChI is InChI=1S/C12H11ClN4O2/c13-9-2-1-8(12(18)19)11(15-9)17-6-5-16-4-3-14-10(16)7-17/h1-4H,5-7H2,(H,18,19). The van der Waals surface area contributed by atoms with E-state index in [0.29, 0.717) is 18.9 Å². The molecule has 0 unspecified atom stereocenters. The minimum atomic E-state index is -1.01. The number of carboxylic acid groups (broad SMARTS) is 1. The molecule has 0 saturated heterocycles. The van der Waals surface area contributed by atoms with Crippen molar-refractivity contribution in [3.8, 4) is 0 Å². The lowest BCUT2D eigenvalue weighted by Gasteiger charge is -2.29. The van der Waals surface area contributed by atoms with E-state index in [9.17, 15) is 9.90 Å². The summed E-state index contributed by atoms with van der Waals surface area (Å²) in [6.45, 7) is 1.96. The maximum Gasteiger partial charge on any atom is 0.339 e. The van der Waals surface area contributed by atoms with Gasteiger partial charge >= 0.3 is 5.97 Å². The van der Waals surface area contributed by atoms with Gasteiger partial charge in [-0.1, -0.05) is 11.6 Å². The van der Waals surface area contributed by atoms with E-state index in [2.05, 4.69) is 9.97 Å². The van der Waals surface area contributed by atoms with Crippen molar-refractivity contribution in [1.82, 2.24) is 14.5 Å². The minimum Gasteiger partial charge on any atom is -0.478 e. The third-order valence-electron chi connectivity index (χ3n) is 3.12. The van der Waals surface area contributed by atoms with Crippen LogP contribution in [0.5, 0.6) is 0 Å². The lowest BCUT2D eigenvalue weighted by molar-refractivity contribution is 0.0697. The van der Waals surface area contributed by atoms with Crippen LogP contribution >= 0.6 is 11.6 Å². The summed E-state index contributed by atoms with van der Waals surface area (Å²) in [5, 5.41) is 9.50. The van der Waals surface area contributed by atoms with Gasteiger partial charge in [-0.25, -0.2) is 14.8 Å². The minimum absolute atomic E-state index is 0.157. The van der Waals surface area contributed by atoms with Crippen molar-refractivity contribution in [2.45, 2.75) is 13.1 Å². The Bertz CT molecular complexity index is 640. The maximum absolute atomic E-state index is 11.2. The van der Waals surface area contributed by atoms with E-state index in [1.54, 1.807) is 6.20 Å². The zero-order valence-electron chi connectivity index (χ0n) is 9.95. The van der Waals surface area contributed by atoms with Gasteiger partial charge in [0.2, 0.25) is 0 Å². The first-order chi connectivity index (χ1) is 9.15. The van der Waals surface area contributed by atoms with Gasteiger partial charge in [-0.15, -0.1) is 0 Å². The highest BCUT2D eigenvalue weighted by Gasteiger charge is 2.23. The fourth-order valence-electron chi connectivity index (χ4n) is 2.19. The molecule has 2 aromatic rings. The van der Waals surface area contributed by atoms with Crippen LogP contribution < -0.4 is 4.90 Å². The molecule has 0 atom stereocenters. The molecule has 0 fully saturated rings. The molecule has 3 rings (SSSR count). The van der Waals surface area contributed by atoms with Gasteiger partial charge in [0, 0.05) is 25.5 Å². The smallest absolute Gasteiger partial charge is 0.339 e. The van der Waals surface area contributed by atoms with Crippen LogP contribution in [0.3, 0.4) is 0 Å². The Morgan fingerprint density at radius 1 is 1.37 bits per heavy atom. The Hall–Kier alpha value is -2.08. The van der Waals surface area contributed by atoms with Crippen molar-refractivity contribution < 1.29 is 9.90 Å². The monoisotopic (exact) mass is 278 g/mol. The highest BCUT2D eigenvalue weighted by molar-refractivity contribution is 6.29. The summed E-state index contributed by atoms with van der Waals surface area (Å²) < 4.78 is 2.04. The lowest BCUT2D eigenvalue weighted by atomic mass is 10.2. The van der Waals surface area contributed by atoms with Crippen molar-refractivity contribution >= 4 is 23.4 Å². The number of rotatable bonds is 2. The first kappa shape index (κ1) is 12.0. The average Bonchev–Trinajstić information content (AvgIpc) is 2.85. The molecule has 1 aliphatic rings. The molecule has 2 aromatic heterocycles. The largest absolute Gasteiger partial charge is 0.478 e. The van der Waals surface area contributed by atoms with Gasteiger partial charge in [-0.05, 0) is 12.1 Å². The third kappa shape index (κ3) is 2.15. The number of aromatic carboxylic acids is 1. The van der Waals surface area contributed by atoms with E-state index >= 15 is 0 Å². The van der Waals surface area contributed by atoms with Gasteiger partial charge in [0.25, 0.3) is 0 Å². The molecular formula is C12H11ClN4O2. The number of carboxylic acids is 1. The molecule has 0 aliphatic carbocycles. The van der Waals surface area contributed by atoms with Gasteiger partial charge in [0.15, 0.2) is 0 Å². The zero-order valence-corrected chi connectivity index (χ0v) is 10.7. The molecule has 3 heterocycles. The summed E-state index contributed by atoms with van der Waals surface area (Å²) in [6.07, 6.45) is 3.65. The van der Waals surface area contributed by atoms with Gasteiger partial charge in [0.1, 0.15) is 22.4 Å². The van der Waals surface area contributed by atoms with Crippen molar-refractivity contribution in [1.29, 1.82) is 0 Å². The van der Waals surface area contributed by atoms with Gasteiger partial charge < -0.3 is 14.6 Å². The highest BCUT2D eigenvalue weighted by Crippen LogP contribution is 2.24. The van der Waals surface area contributed by atoms with Crippen molar-refractivity contribution in [3.05, 3.63) is 41.1 Å².